The molecule has 0 saturated heterocycles. The number of nitrogens with one attached hydrogen (secondary N) is 3. The zero-order chi connectivity index (χ0) is 21.9. The third-order valence-electron chi connectivity index (χ3n) is 5.36. The van der Waals surface area contributed by atoms with Crippen LogP contribution in [0.3, 0.4) is 0 Å². The van der Waals surface area contributed by atoms with Crippen molar-refractivity contribution in [1.29, 1.82) is 0 Å². The normalized spacial score (nSPS) is 11.2. The maximum absolute atomic E-state index is 11.9. The molecule has 32 heavy (non-hydrogen) atoms. The monoisotopic (exact) mass is 424 g/mol. The highest BCUT2D eigenvalue weighted by Crippen LogP contribution is 2.25. The summed E-state index contributed by atoms with van der Waals surface area (Å²) in [6.45, 7) is 0.678. The van der Waals surface area contributed by atoms with Gasteiger partial charge < -0.3 is 5.32 Å². The number of hydrogen-bond acceptors (Lipinski definition) is 5. The van der Waals surface area contributed by atoms with Crippen LogP contribution in [0.2, 0.25) is 0 Å². The predicted molar refractivity (Wildman–Crippen MR) is 123 cm³/mol. The molecule has 0 bridgehead atoms. The van der Waals surface area contributed by atoms with Gasteiger partial charge in [-0.3, -0.25) is 19.3 Å². The Morgan fingerprint density at radius 1 is 0.844 bits per heavy atom. The smallest absolute Gasteiger partial charge is 0.327 e. The zero-order valence-electron chi connectivity index (χ0n) is 17.0. The average Bonchev–Trinajstić information content (AvgIpc) is 3.25. The minimum Gasteiger partial charge on any atom is -0.369 e. The van der Waals surface area contributed by atoms with Gasteiger partial charge in [0.25, 0.3) is 5.56 Å². The van der Waals surface area contributed by atoms with E-state index in [0.717, 1.165) is 5.82 Å². The van der Waals surface area contributed by atoms with Gasteiger partial charge in [-0.05, 0) is 23.3 Å². The van der Waals surface area contributed by atoms with Crippen LogP contribution in [0.25, 0.3) is 16.9 Å². The number of aromatic nitrogens is 5. The van der Waals surface area contributed by atoms with E-state index in [4.69, 9.17) is 0 Å². The number of anilines is 1. The number of H-pyrrole nitrogens is 2. The van der Waals surface area contributed by atoms with Crippen LogP contribution in [0.15, 0.2) is 94.9 Å². The van der Waals surface area contributed by atoms with Crippen LogP contribution >= 0.6 is 0 Å². The number of benzene rings is 2. The van der Waals surface area contributed by atoms with E-state index in [0.29, 0.717) is 17.9 Å². The van der Waals surface area contributed by atoms with Crippen molar-refractivity contribution in [2.45, 2.75) is 5.92 Å². The molecule has 0 saturated carbocycles. The highest BCUT2D eigenvalue weighted by Gasteiger charge is 2.14. The molecule has 0 aliphatic carbocycles. The minimum absolute atomic E-state index is 0.167. The number of fused-ring (bicyclic) bond motifs is 1. The summed E-state index contributed by atoms with van der Waals surface area (Å²) < 4.78 is 1.62. The average molecular weight is 424 g/mol. The van der Waals surface area contributed by atoms with Crippen LogP contribution in [0.5, 0.6) is 0 Å². The second-order valence-corrected chi connectivity index (χ2v) is 7.38. The Morgan fingerprint density at radius 3 is 2.16 bits per heavy atom. The molecule has 0 amide bonds. The van der Waals surface area contributed by atoms with Gasteiger partial charge >= 0.3 is 5.69 Å². The number of rotatable bonds is 6. The van der Waals surface area contributed by atoms with Crippen molar-refractivity contribution in [2.75, 3.05) is 11.9 Å². The molecule has 0 fully saturated rings. The summed E-state index contributed by atoms with van der Waals surface area (Å²) in [6, 6.07) is 24.4. The fourth-order valence-corrected chi connectivity index (χ4v) is 3.77. The highest BCUT2D eigenvalue weighted by molar-refractivity contribution is 5.71. The van der Waals surface area contributed by atoms with Crippen LogP contribution in [0, 0.1) is 0 Å². The Hall–Kier alpha value is -4.46. The molecule has 158 valence electrons. The first-order valence-corrected chi connectivity index (χ1v) is 10.2. The first kappa shape index (κ1) is 19.5. The first-order valence-electron chi connectivity index (χ1n) is 10.2. The molecule has 0 unspecified atom stereocenters. The Kier molecular flexibility index (Phi) is 5.09. The van der Waals surface area contributed by atoms with Crippen molar-refractivity contribution in [3.8, 4) is 5.69 Å². The molecule has 0 atom stereocenters. The van der Waals surface area contributed by atoms with Crippen molar-refractivity contribution >= 4 is 17.0 Å². The molecule has 5 rings (SSSR count). The molecule has 3 aromatic heterocycles. The number of nitrogens with zero attached hydrogens (tertiary/aromatic N) is 3. The summed E-state index contributed by atoms with van der Waals surface area (Å²) in [4.78, 5) is 36.9. The highest BCUT2D eigenvalue weighted by atomic mass is 16.2. The van der Waals surface area contributed by atoms with Crippen molar-refractivity contribution in [1.82, 2.24) is 24.5 Å². The second kappa shape index (κ2) is 8.35. The summed E-state index contributed by atoms with van der Waals surface area (Å²) in [7, 11) is 0. The largest absolute Gasteiger partial charge is 0.369 e. The van der Waals surface area contributed by atoms with E-state index in [1.807, 2.05) is 48.5 Å². The van der Waals surface area contributed by atoms with Crippen molar-refractivity contribution in [2.24, 2.45) is 0 Å². The molecular formula is C24H20N6O2. The van der Waals surface area contributed by atoms with E-state index in [9.17, 15) is 9.59 Å². The Morgan fingerprint density at radius 2 is 1.53 bits per heavy atom. The quantitative estimate of drug-likeness (QED) is 0.388. The maximum Gasteiger partial charge on any atom is 0.327 e. The van der Waals surface area contributed by atoms with Crippen LogP contribution in [0.1, 0.15) is 17.0 Å². The van der Waals surface area contributed by atoms with Crippen molar-refractivity contribution < 1.29 is 0 Å². The van der Waals surface area contributed by atoms with Gasteiger partial charge in [-0.15, -0.1) is 0 Å². The molecule has 0 radical (unpaired) electrons. The number of aromatic amines is 2. The topological polar surface area (TPSA) is 108 Å². The fraction of sp³-hybridized carbons (Fsp3) is 0.0833. The Balaban J connectivity index is 1.39. The van der Waals surface area contributed by atoms with Gasteiger partial charge in [-0.2, -0.15) is 0 Å². The summed E-state index contributed by atoms with van der Waals surface area (Å²) in [5.74, 6) is 0.898. The molecule has 8 heteroatoms. The summed E-state index contributed by atoms with van der Waals surface area (Å²) >= 11 is 0. The molecule has 0 aliphatic heterocycles. The summed E-state index contributed by atoms with van der Waals surface area (Å²) in [6.07, 6.45) is 3.16. The lowest BCUT2D eigenvalue weighted by Crippen LogP contribution is -2.22. The molecule has 0 aliphatic rings. The Labute approximate surface area is 182 Å². The lowest BCUT2D eigenvalue weighted by molar-refractivity contribution is 0.848. The van der Waals surface area contributed by atoms with E-state index in [2.05, 4.69) is 49.5 Å². The maximum atomic E-state index is 11.9. The molecular weight excluding hydrogens is 404 g/mol. The second-order valence-electron chi connectivity index (χ2n) is 7.38. The van der Waals surface area contributed by atoms with Crippen molar-refractivity contribution in [3.63, 3.8) is 0 Å². The van der Waals surface area contributed by atoms with Crippen LogP contribution < -0.4 is 16.6 Å². The van der Waals surface area contributed by atoms with Gasteiger partial charge in [0.15, 0.2) is 11.2 Å². The predicted octanol–water partition coefficient (Wildman–Crippen LogP) is 3.04. The summed E-state index contributed by atoms with van der Waals surface area (Å²) in [5.41, 5.74) is 2.52. The first-order chi connectivity index (χ1) is 15.7. The van der Waals surface area contributed by atoms with E-state index in [1.54, 1.807) is 10.8 Å². The summed E-state index contributed by atoms with van der Waals surface area (Å²) in [5, 5.41) is 3.42. The molecule has 8 nitrogen and oxygen atoms in total. The van der Waals surface area contributed by atoms with Gasteiger partial charge in [-0.25, -0.2) is 14.8 Å². The van der Waals surface area contributed by atoms with E-state index >= 15 is 0 Å². The fourth-order valence-electron chi connectivity index (χ4n) is 3.77. The zero-order valence-corrected chi connectivity index (χ0v) is 17.0. The number of imidazole rings is 1. The lowest BCUT2D eigenvalue weighted by atomic mass is 9.91. The molecule has 2 aromatic carbocycles. The van der Waals surface area contributed by atoms with E-state index < -0.39 is 11.2 Å². The van der Waals surface area contributed by atoms with E-state index in [1.165, 1.54) is 17.5 Å². The van der Waals surface area contributed by atoms with Gasteiger partial charge in [-0.1, -0.05) is 60.7 Å². The van der Waals surface area contributed by atoms with Gasteiger partial charge in [0, 0.05) is 12.5 Å². The lowest BCUT2D eigenvalue weighted by Gasteiger charge is -2.19. The third kappa shape index (κ3) is 3.81. The van der Waals surface area contributed by atoms with Crippen LogP contribution in [0.4, 0.5) is 5.82 Å². The molecule has 0 spiro atoms. The Bertz CT molecular complexity index is 1410. The minimum atomic E-state index is -0.580. The SMILES string of the molecule is O=c1[nH]c(=O)c2ncn(-c3ccc(NCC(c4ccccc4)c4ccccc4)nc3)c2[nH]1. The van der Waals surface area contributed by atoms with Gasteiger partial charge in [0.2, 0.25) is 0 Å². The van der Waals surface area contributed by atoms with E-state index in [-0.39, 0.29) is 11.4 Å². The van der Waals surface area contributed by atoms with Gasteiger partial charge in [0.1, 0.15) is 12.1 Å². The number of pyridine rings is 1. The standard InChI is InChI=1S/C24H20N6O2/c31-23-21-22(28-24(32)29-23)30(15-27-21)18-11-12-20(25-13-18)26-14-19(16-7-3-1-4-8-16)17-9-5-2-6-10-17/h1-13,15,19H,14H2,(H,25,26)(H2,28,29,31,32). The molecule has 3 heterocycles. The molecule has 3 N–H and O–H groups in total. The van der Waals surface area contributed by atoms with Crippen LogP contribution in [-0.4, -0.2) is 31.0 Å². The van der Waals surface area contributed by atoms with Crippen molar-refractivity contribution in [3.05, 3.63) is 117 Å². The third-order valence-corrected chi connectivity index (χ3v) is 5.36. The van der Waals surface area contributed by atoms with Crippen LogP contribution in [-0.2, 0) is 0 Å². The van der Waals surface area contributed by atoms with Gasteiger partial charge in [0.05, 0.1) is 11.9 Å². The molecule has 5 aromatic rings. The number of hydrogen-bond donors (Lipinski definition) is 3.